The number of allylic oxidation sites excluding steroid dienone is 4. The molecule has 0 bridgehead atoms. The van der Waals surface area contributed by atoms with Gasteiger partial charge in [0.2, 0.25) is 5.36 Å². The topological polar surface area (TPSA) is 111 Å². The number of hydrogen-bond acceptors (Lipinski definition) is 5. The third kappa shape index (κ3) is 6.40. The van der Waals surface area contributed by atoms with Gasteiger partial charge in [0.15, 0.2) is 0 Å². The molecule has 0 saturated heterocycles. The summed E-state index contributed by atoms with van der Waals surface area (Å²) < 4.78 is 42.7. The van der Waals surface area contributed by atoms with Gasteiger partial charge >= 0.3 is 5.97 Å². The Kier molecular flexibility index (Phi) is 9.18. The van der Waals surface area contributed by atoms with Crippen LogP contribution in [0.15, 0.2) is 69.6 Å². The van der Waals surface area contributed by atoms with Crippen LogP contribution in [0.3, 0.4) is 0 Å². The minimum Gasteiger partial charge on any atom is -0.481 e. The summed E-state index contributed by atoms with van der Waals surface area (Å²) in [6.45, 7) is 10.9. The third-order valence-electron chi connectivity index (χ3n) is 9.02. The highest BCUT2D eigenvalue weighted by molar-refractivity contribution is 7.85. The molecular weight excluding hydrogens is 576 g/mol. The molecule has 0 atom stereocenters. The molecule has 0 amide bonds. The average Bonchev–Trinajstić information content (AvgIpc) is 3.19. The smallest absolute Gasteiger partial charge is 0.303 e. The fourth-order valence-corrected chi connectivity index (χ4v) is 7.11. The lowest BCUT2D eigenvalue weighted by Gasteiger charge is -2.27. The first-order valence-corrected chi connectivity index (χ1v) is 17.1. The van der Waals surface area contributed by atoms with E-state index >= 15 is 0 Å². The zero-order valence-electron chi connectivity index (χ0n) is 26.1. The van der Waals surface area contributed by atoms with Crippen LogP contribution in [0, 0.1) is 0 Å². The SMILES string of the molecule is CC[N+](CC)=c1ccc2cc3c(oc-2c1)/C(=C/C=C1\N(CCCCCC(=O)O)c2ccc(S(=O)(=O)O)cc2C1(C)C)CCC3. The van der Waals surface area contributed by atoms with Crippen molar-refractivity contribution in [2.75, 3.05) is 24.5 Å². The van der Waals surface area contributed by atoms with Gasteiger partial charge in [0.1, 0.15) is 24.6 Å². The van der Waals surface area contributed by atoms with Gasteiger partial charge in [0, 0.05) is 41.4 Å². The number of unbranched alkanes of at least 4 members (excludes halogenated alkanes) is 2. The van der Waals surface area contributed by atoms with E-state index in [1.54, 1.807) is 12.1 Å². The van der Waals surface area contributed by atoms with Gasteiger partial charge in [-0.05, 0) is 99.1 Å². The molecule has 1 aromatic carbocycles. The van der Waals surface area contributed by atoms with E-state index in [9.17, 15) is 17.8 Å². The molecule has 9 heteroatoms. The number of benzene rings is 2. The van der Waals surface area contributed by atoms with E-state index in [2.05, 4.69) is 73.6 Å². The monoisotopic (exact) mass is 619 g/mol. The molecule has 234 valence electrons. The van der Waals surface area contributed by atoms with Crippen molar-refractivity contribution in [3.05, 3.63) is 82.6 Å². The van der Waals surface area contributed by atoms with Crippen LogP contribution in [0.4, 0.5) is 5.69 Å². The summed E-state index contributed by atoms with van der Waals surface area (Å²) in [4.78, 5) is 13.1. The van der Waals surface area contributed by atoms with Crippen LogP contribution >= 0.6 is 0 Å². The molecule has 0 saturated carbocycles. The summed E-state index contributed by atoms with van der Waals surface area (Å²) in [6, 6.07) is 13.4. The number of nitrogens with zero attached hydrogens (tertiary/aromatic N) is 2. The number of carboxylic acid groups (broad SMARTS) is 1. The molecule has 1 aromatic rings. The molecule has 0 radical (unpaired) electrons. The number of hydrogen-bond donors (Lipinski definition) is 2. The molecule has 0 aromatic heterocycles. The fraction of sp³-hybridized carbons (Fsp3) is 0.429. The molecule has 4 aliphatic rings. The molecule has 2 aliphatic heterocycles. The second-order valence-corrected chi connectivity index (χ2v) is 13.6. The van der Waals surface area contributed by atoms with Gasteiger partial charge < -0.3 is 14.4 Å². The number of carboxylic acids is 1. The van der Waals surface area contributed by atoms with Crippen LogP contribution in [-0.4, -0.2) is 43.7 Å². The zero-order valence-corrected chi connectivity index (χ0v) is 26.9. The number of aliphatic carboxylic acids is 1. The van der Waals surface area contributed by atoms with Gasteiger partial charge in [-0.3, -0.25) is 9.35 Å². The normalized spacial score (nSPS) is 17.7. The van der Waals surface area contributed by atoms with Gasteiger partial charge in [0.05, 0.1) is 11.0 Å². The minimum absolute atomic E-state index is 0.124. The Morgan fingerprint density at radius 1 is 1.02 bits per heavy atom. The van der Waals surface area contributed by atoms with Crippen LogP contribution in [0.2, 0.25) is 0 Å². The molecule has 2 heterocycles. The summed E-state index contributed by atoms with van der Waals surface area (Å²) in [5, 5.41) is 10.2. The largest absolute Gasteiger partial charge is 0.481 e. The van der Waals surface area contributed by atoms with Crippen molar-refractivity contribution in [1.82, 2.24) is 4.58 Å². The number of fused-ring (bicyclic) bond motifs is 3. The van der Waals surface area contributed by atoms with Crippen LogP contribution in [0.1, 0.15) is 83.1 Å². The maximum atomic E-state index is 12.0. The lowest BCUT2D eigenvalue weighted by Crippen LogP contribution is -2.29. The standard InChI is InChI=1S/C35H42N2O6S/c1-5-36(6-2)27-16-14-25-21-26-12-10-11-24(34(26)43-31(25)22-27)15-19-32-35(3,4)29-23-28(44(40,41)42)17-18-30(29)37(32)20-9-7-8-13-33(38)39/h14-19,21-23H,5-13,20H2,1-4H3,(H-,38,39,40,41,42)/p+1. The van der Waals surface area contributed by atoms with Gasteiger partial charge in [-0.1, -0.05) is 26.3 Å². The van der Waals surface area contributed by atoms with E-state index in [4.69, 9.17) is 9.52 Å². The Hall–Kier alpha value is -3.69. The lowest BCUT2D eigenvalue weighted by molar-refractivity contribution is -0.137. The molecule has 2 aliphatic carbocycles. The number of rotatable bonds is 10. The zero-order chi connectivity index (χ0) is 31.6. The Bertz CT molecular complexity index is 1770. The summed E-state index contributed by atoms with van der Waals surface area (Å²) in [7, 11) is -4.36. The van der Waals surface area contributed by atoms with Crippen molar-refractivity contribution in [3.8, 4) is 11.3 Å². The first kappa shape index (κ1) is 31.7. The second-order valence-electron chi connectivity index (χ2n) is 12.2. The number of aryl methyl sites for hydroxylation is 1. The number of anilines is 1. The minimum atomic E-state index is -4.36. The molecule has 0 unspecified atom stereocenters. The maximum Gasteiger partial charge on any atom is 0.303 e. The van der Waals surface area contributed by atoms with Crippen molar-refractivity contribution < 1.29 is 27.3 Å². The Labute approximate surface area is 260 Å². The van der Waals surface area contributed by atoms with E-state index in [1.807, 2.05) is 0 Å². The third-order valence-corrected chi connectivity index (χ3v) is 9.87. The van der Waals surface area contributed by atoms with Crippen molar-refractivity contribution in [3.63, 3.8) is 0 Å². The molecule has 44 heavy (non-hydrogen) atoms. The molecule has 2 N–H and O–H groups in total. The van der Waals surface area contributed by atoms with Gasteiger partial charge in [-0.15, -0.1) is 0 Å². The van der Waals surface area contributed by atoms with E-state index in [0.29, 0.717) is 13.0 Å². The summed E-state index contributed by atoms with van der Waals surface area (Å²) in [6.07, 6.45) is 9.44. The summed E-state index contributed by atoms with van der Waals surface area (Å²) in [5.41, 5.74) is 5.62. The summed E-state index contributed by atoms with van der Waals surface area (Å²) in [5.74, 6) is 0.986. The van der Waals surface area contributed by atoms with Gasteiger partial charge in [0.25, 0.3) is 10.1 Å². The first-order chi connectivity index (χ1) is 20.9. The molecular formula is C35H43N2O6S+. The van der Waals surface area contributed by atoms with Gasteiger partial charge in [-0.25, -0.2) is 4.58 Å². The summed E-state index contributed by atoms with van der Waals surface area (Å²) >= 11 is 0. The van der Waals surface area contributed by atoms with Crippen LogP contribution in [0.5, 0.6) is 0 Å². The van der Waals surface area contributed by atoms with Crippen LogP contribution in [-0.2, 0) is 26.7 Å². The Balaban J connectivity index is 1.56. The van der Waals surface area contributed by atoms with Crippen molar-refractivity contribution in [2.24, 2.45) is 0 Å². The van der Waals surface area contributed by atoms with Crippen LogP contribution in [0.25, 0.3) is 16.9 Å². The predicted octanol–water partition coefficient (Wildman–Crippen LogP) is 6.49. The highest BCUT2D eigenvalue weighted by Gasteiger charge is 2.40. The molecule has 8 nitrogen and oxygen atoms in total. The van der Waals surface area contributed by atoms with E-state index < -0.39 is 21.5 Å². The fourth-order valence-electron chi connectivity index (χ4n) is 6.60. The quantitative estimate of drug-likeness (QED) is 0.152. The number of carbonyl (C=O) groups is 1. The van der Waals surface area contributed by atoms with E-state index in [1.165, 1.54) is 11.6 Å². The van der Waals surface area contributed by atoms with Crippen molar-refractivity contribution >= 4 is 27.3 Å². The van der Waals surface area contributed by atoms with Crippen molar-refractivity contribution in [1.29, 1.82) is 0 Å². The average molecular weight is 620 g/mol. The molecule has 5 rings (SSSR count). The Morgan fingerprint density at radius 2 is 1.80 bits per heavy atom. The Morgan fingerprint density at radius 3 is 2.50 bits per heavy atom. The predicted molar refractivity (Wildman–Crippen MR) is 173 cm³/mol. The van der Waals surface area contributed by atoms with Crippen molar-refractivity contribution in [2.45, 2.75) is 83.0 Å². The molecule has 0 fully saturated rings. The highest BCUT2D eigenvalue weighted by atomic mass is 32.2. The highest BCUT2D eigenvalue weighted by Crippen LogP contribution is 2.49. The first-order valence-electron chi connectivity index (χ1n) is 15.6. The van der Waals surface area contributed by atoms with Crippen LogP contribution < -0.4 is 14.8 Å². The van der Waals surface area contributed by atoms with Gasteiger partial charge in [-0.2, -0.15) is 8.42 Å². The maximum absolute atomic E-state index is 12.0. The lowest BCUT2D eigenvalue weighted by atomic mass is 9.83. The van der Waals surface area contributed by atoms with E-state index in [-0.39, 0.29) is 11.3 Å². The molecule has 0 spiro atoms. The second kappa shape index (κ2) is 12.7. The van der Waals surface area contributed by atoms with E-state index in [0.717, 1.165) is 90.2 Å².